The Balaban J connectivity index is 0. The van der Waals surface area contributed by atoms with Crippen molar-refractivity contribution in [2.75, 3.05) is 19.6 Å². The van der Waals surface area contributed by atoms with Crippen molar-refractivity contribution >= 4 is 5.97 Å². The van der Waals surface area contributed by atoms with Crippen LogP contribution >= 0.6 is 0 Å². The molecule has 0 aromatic carbocycles. The molecule has 6 heteroatoms. The number of hydrogen-bond acceptors (Lipinski definition) is 5. The molecule has 3 unspecified atom stereocenters. The molecule has 0 bridgehead atoms. The van der Waals surface area contributed by atoms with Crippen molar-refractivity contribution in [1.82, 2.24) is 4.90 Å². The molecule has 3 atom stereocenters. The Bertz CT molecular complexity index is 205. The average molecular weight is 263 g/mol. The molecule has 0 spiro atoms. The Morgan fingerprint density at radius 1 is 1.06 bits per heavy atom. The molecule has 0 aliphatic rings. The molecule has 0 aliphatic heterocycles. The van der Waals surface area contributed by atoms with E-state index in [-0.39, 0.29) is 0 Å². The number of rotatable bonds is 7. The van der Waals surface area contributed by atoms with Gasteiger partial charge >= 0.3 is 5.97 Å². The van der Waals surface area contributed by atoms with Crippen LogP contribution < -0.4 is 0 Å². The number of aliphatic carboxylic acids is 1. The summed E-state index contributed by atoms with van der Waals surface area (Å²) in [5.41, 5.74) is 0. The third-order valence-electron chi connectivity index (χ3n) is 1.74. The summed E-state index contributed by atoms with van der Waals surface area (Å²) in [6.45, 7) is 9.48. The molecule has 108 valence electrons. The molecule has 0 radical (unpaired) electrons. The highest BCUT2D eigenvalue weighted by molar-refractivity contribution is 5.78. The predicted molar refractivity (Wildman–Crippen MR) is 69.3 cm³/mol. The second-order valence-electron chi connectivity index (χ2n) is 4.31. The molecule has 4 N–H and O–H groups in total. The van der Waals surface area contributed by atoms with Gasteiger partial charge in [0.15, 0.2) is 0 Å². The van der Waals surface area contributed by atoms with Crippen LogP contribution in [0, 0.1) is 0 Å². The molecular formula is C12H25NO5. The number of carboxylic acid groups (broad SMARTS) is 1. The maximum absolute atomic E-state index is 9.25. The Kier molecular flexibility index (Phi) is 12.0. The number of nitrogens with zero attached hydrogens (tertiary/aromatic N) is 1. The second-order valence-corrected chi connectivity index (χ2v) is 4.31. The predicted octanol–water partition coefficient (Wildman–Crippen LogP) is -0.312. The van der Waals surface area contributed by atoms with E-state index in [1.54, 1.807) is 20.8 Å². The Morgan fingerprint density at radius 2 is 1.28 bits per heavy atom. The first-order valence-corrected chi connectivity index (χ1v) is 5.80. The molecule has 0 amide bonds. The van der Waals surface area contributed by atoms with Gasteiger partial charge in [0.25, 0.3) is 0 Å². The first-order valence-electron chi connectivity index (χ1n) is 5.80. The number of carbonyl (C=O) groups is 1. The minimum absolute atomic E-state index is 0.433. The van der Waals surface area contributed by atoms with Crippen molar-refractivity contribution in [3.63, 3.8) is 0 Å². The molecule has 18 heavy (non-hydrogen) atoms. The molecule has 0 rings (SSSR count). The van der Waals surface area contributed by atoms with Gasteiger partial charge in [-0.1, -0.05) is 6.58 Å². The lowest BCUT2D eigenvalue weighted by Gasteiger charge is -2.25. The van der Waals surface area contributed by atoms with Crippen molar-refractivity contribution in [1.29, 1.82) is 0 Å². The van der Waals surface area contributed by atoms with Crippen molar-refractivity contribution in [3.05, 3.63) is 12.7 Å². The molecule has 6 nitrogen and oxygen atoms in total. The summed E-state index contributed by atoms with van der Waals surface area (Å²) in [7, 11) is 0. The molecule has 0 saturated heterocycles. The summed E-state index contributed by atoms with van der Waals surface area (Å²) >= 11 is 0. The lowest BCUT2D eigenvalue weighted by Crippen LogP contribution is -2.40. The van der Waals surface area contributed by atoms with E-state index in [1.165, 1.54) is 0 Å². The Labute approximate surface area is 108 Å². The zero-order chi connectivity index (χ0) is 14.7. The summed E-state index contributed by atoms with van der Waals surface area (Å²) < 4.78 is 0. The third kappa shape index (κ3) is 17.4. The van der Waals surface area contributed by atoms with Crippen molar-refractivity contribution in [2.24, 2.45) is 0 Å². The van der Waals surface area contributed by atoms with E-state index in [0.717, 1.165) is 6.08 Å². The number of carboxylic acids is 1. The van der Waals surface area contributed by atoms with Crippen LogP contribution in [-0.2, 0) is 4.79 Å². The number of hydrogen-bond donors (Lipinski definition) is 4. The van der Waals surface area contributed by atoms with Gasteiger partial charge in [-0.15, -0.1) is 0 Å². The SMILES string of the molecule is C=CC(=O)O.CC(O)CN(CC(C)O)CC(C)O. The largest absolute Gasteiger partial charge is 0.478 e. The number of aliphatic hydroxyl groups excluding tert-OH is 3. The first-order chi connectivity index (χ1) is 8.18. The van der Waals surface area contributed by atoms with Crippen LogP contribution in [0.1, 0.15) is 20.8 Å². The highest BCUT2D eigenvalue weighted by Crippen LogP contribution is 1.97. The minimum atomic E-state index is -0.981. The van der Waals surface area contributed by atoms with Gasteiger partial charge in [0.05, 0.1) is 18.3 Å². The Morgan fingerprint density at radius 3 is 1.39 bits per heavy atom. The molecule has 0 aromatic heterocycles. The maximum Gasteiger partial charge on any atom is 0.327 e. The van der Waals surface area contributed by atoms with E-state index in [2.05, 4.69) is 6.58 Å². The average Bonchev–Trinajstić information content (AvgIpc) is 2.14. The summed E-state index contributed by atoms with van der Waals surface area (Å²) in [5.74, 6) is -0.981. The van der Waals surface area contributed by atoms with Gasteiger partial charge in [-0.2, -0.15) is 0 Å². The van der Waals surface area contributed by atoms with Gasteiger partial charge in [0, 0.05) is 25.7 Å². The van der Waals surface area contributed by atoms with Crippen LogP contribution in [0.2, 0.25) is 0 Å². The fraction of sp³-hybridized carbons (Fsp3) is 0.750. The summed E-state index contributed by atoms with van der Waals surface area (Å²) in [5, 5.41) is 35.0. The van der Waals surface area contributed by atoms with Crippen LogP contribution in [0.4, 0.5) is 0 Å². The highest BCUT2D eigenvalue weighted by Gasteiger charge is 2.12. The smallest absolute Gasteiger partial charge is 0.327 e. The van der Waals surface area contributed by atoms with Gasteiger partial charge < -0.3 is 20.4 Å². The van der Waals surface area contributed by atoms with Crippen LogP contribution in [-0.4, -0.2) is 69.2 Å². The van der Waals surface area contributed by atoms with Gasteiger partial charge in [-0.3, -0.25) is 4.90 Å². The van der Waals surface area contributed by atoms with Crippen molar-refractivity contribution in [2.45, 2.75) is 39.1 Å². The maximum atomic E-state index is 9.25. The van der Waals surface area contributed by atoms with Crippen LogP contribution in [0.25, 0.3) is 0 Å². The molecule has 0 saturated carbocycles. The molecule has 0 aliphatic carbocycles. The molecule has 0 heterocycles. The monoisotopic (exact) mass is 263 g/mol. The highest BCUT2D eigenvalue weighted by atomic mass is 16.4. The van der Waals surface area contributed by atoms with E-state index < -0.39 is 24.3 Å². The van der Waals surface area contributed by atoms with Crippen LogP contribution in [0.5, 0.6) is 0 Å². The fourth-order valence-corrected chi connectivity index (χ4v) is 1.34. The zero-order valence-electron chi connectivity index (χ0n) is 11.3. The third-order valence-corrected chi connectivity index (χ3v) is 1.74. The summed E-state index contributed by atoms with van der Waals surface area (Å²) in [6, 6.07) is 0. The van der Waals surface area contributed by atoms with E-state index in [4.69, 9.17) is 20.4 Å². The van der Waals surface area contributed by atoms with E-state index in [9.17, 15) is 4.79 Å². The second kappa shape index (κ2) is 11.2. The van der Waals surface area contributed by atoms with E-state index in [1.807, 2.05) is 4.90 Å². The zero-order valence-corrected chi connectivity index (χ0v) is 11.3. The van der Waals surface area contributed by atoms with Gasteiger partial charge in [-0.05, 0) is 20.8 Å². The fourth-order valence-electron chi connectivity index (χ4n) is 1.34. The van der Waals surface area contributed by atoms with Crippen molar-refractivity contribution in [3.8, 4) is 0 Å². The molecular weight excluding hydrogens is 238 g/mol. The van der Waals surface area contributed by atoms with Crippen LogP contribution in [0.3, 0.4) is 0 Å². The topological polar surface area (TPSA) is 101 Å². The summed E-state index contributed by atoms with van der Waals surface area (Å²) in [4.78, 5) is 11.1. The molecule has 0 aromatic rings. The normalized spacial score (nSPS) is 15.3. The van der Waals surface area contributed by atoms with E-state index >= 15 is 0 Å². The standard InChI is InChI=1S/C9H21NO3.C3H4O2/c1-7(11)4-10(5-8(2)12)6-9(3)13;1-2-3(4)5/h7-9,11-13H,4-6H2,1-3H3;2H,1H2,(H,4,5). The minimum Gasteiger partial charge on any atom is -0.478 e. The van der Waals surface area contributed by atoms with Crippen molar-refractivity contribution < 1.29 is 25.2 Å². The Hall–Kier alpha value is -0.950. The lowest BCUT2D eigenvalue weighted by atomic mass is 10.2. The van der Waals surface area contributed by atoms with Gasteiger partial charge in [-0.25, -0.2) is 4.79 Å². The molecule has 0 fully saturated rings. The summed E-state index contributed by atoms with van der Waals surface area (Å²) in [6.07, 6.45) is -0.465. The quantitative estimate of drug-likeness (QED) is 0.470. The van der Waals surface area contributed by atoms with E-state index in [0.29, 0.717) is 19.6 Å². The lowest BCUT2D eigenvalue weighted by molar-refractivity contribution is -0.131. The number of aliphatic hydroxyl groups is 3. The van der Waals surface area contributed by atoms with Gasteiger partial charge in [0.2, 0.25) is 0 Å². The van der Waals surface area contributed by atoms with Gasteiger partial charge in [0.1, 0.15) is 0 Å². The van der Waals surface area contributed by atoms with Crippen LogP contribution in [0.15, 0.2) is 12.7 Å². The first kappa shape index (κ1) is 19.4.